The van der Waals surface area contributed by atoms with Gasteiger partial charge in [0.25, 0.3) is 0 Å². The van der Waals surface area contributed by atoms with Gasteiger partial charge >= 0.3 is 12.1 Å². The number of nitrogens with one attached hydrogen (secondary N) is 1. The standard InChI is InChI=1S/C22H23N3O4/c1-3-28-21(26)17(11-12-23)14-18-13-16(7-10-20(18)24)15-5-8-19(9-6-15)25-22(27)29-4-2/h5-10,13-14H,3-4,11,24H2,1-2H3,(H,25,27)/b17-14+. The number of ether oxygens (including phenoxy) is 2. The van der Waals surface area contributed by atoms with Crippen molar-refractivity contribution in [3.8, 4) is 17.2 Å². The molecular formula is C22H23N3O4. The zero-order valence-electron chi connectivity index (χ0n) is 16.4. The summed E-state index contributed by atoms with van der Waals surface area (Å²) in [6, 6.07) is 14.6. The Morgan fingerprint density at radius 1 is 1.07 bits per heavy atom. The first-order valence-electron chi connectivity index (χ1n) is 9.16. The van der Waals surface area contributed by atoms with Crippen LogP contribution in [0.4, 0.5) is 16.2 Å². The molecule has 7 heteroatoms. The number of carbonyl (C=O) groups is 2. The molecule has 150 valence electrons. The second kappa shape index (κ2) is 10.5. The zero-order valence-corrected chi connectivity index (χ0v) is 16.4. The monoisotopic (exact) mass is 393 g/mol. The number of hydrogen-bond acceptors (Lipinski definition) is 6. The second-order valence-electron chi connectivity index (χ2n) is 5.99. The van der Waals surface area contributed by atoms with E-state index < -0.39 is 12.1 Å². The van der Waals surface area contributed by atoms with Crippen LogP contribution in [0.1, 0.15) is 25.8 Å². The van der Waals surface area contributed by atoms with Crippen molar-refractivity contribution in [2.75, 3.05) is 24.3 Å². The number of carbonyl (C=O) groups excluding carboxylic acids is 2. The number of esters is 1. The van der Waals surface area contributed by atoms with E-state index in [4.69, 9.17) is 20.5 Å². The van der Waals surface area contributed by atoms with Gasteiger partial charge in [0.1, 0.15) is 0 Å². The first-order valence-corrected chi connectivity index (χ1v) is 9.16. The van der Waals surface area contributed by atoms with Crippen LogP contribution in [0, 0.1) is 11.3 Å². The van der Waals surface area contributed by atoms with Crippen molar-refractivity contribution in [2.24, 2.45) is 0 Å². The molecule has 0 bridgehead atoms. The molecule has 0 saturated heterocycles. The van der Waals surface area contributed by atoms with Gasteiger partial charge in [0.2, 0.25) is 0 Å². The van der Waals surface area contributed by atoms with Crippen molar-refractivity contribution in [3.05, 3.63) is 53.6 Å². The Morgan fingerprint density at radius 3 is 2.34 bits per heavy atom. The van der Waals surface area contributed by atoms with Crippen LogP contribution in [0.3, 0.4) is 0 Å². The van der Waals surface area contributed by atoms with Crippen LogP contribution in [0.2, 0.25) is 0 Å². The number of nitriles is 1. The predicted octanol–water partition coefficient (Wildman–Crippen LogP) is 4.36. The highest BCUT2D eigenvalue weighted by Gasteiger charge is 2.12. The lowest BCUT2D eigenvalue weighted by Crippen LogP contribution is -2.13. The molecular weight excluding hydrogens is 370 g/mol. The van der Waals surface area contributed by atoms with Crippen molar-refractivity contribution in [2.45, 2.75) is 20.3 Å². The van der Waals surface area contributed by atoms with Crippen LogP contribution in [0.5, 0.6) is 0 Å². The molecule has 0 aliphatic rings. The van der Waals surface area contributed by atoms with Crippen LogP contribution in [-0.2, 0) is 14.3 Å². The highest BCUT2D eigenvalue weighted by Crippen LogP contribution is 2.27. The van der Waals surface area contributed by atoms with Crippen LogP contribution >= 0.6 is 0 Å². The van der Waals surface area contributed by atoms with E-state index in [1.54, 1.807) is 38.1 Å². The SMILES string of the molecule is CCOC(=O)Nc1ccc(-c2ccc(N)c(/C=C(\CC#N)C(=O)OCC)c2)cc1. The summed E-state index contributed by atoms with van der Waals surface area (Å²) in [6.07, 6.45) is 0.997. The topological polar surface area (TPSA) is 114 Å². The van der Waals surface area contributed by atoms with Gasteiger partial charge in [-0.05, 0) is 60.9 Å². The zero-order chi connectivity index (χ0) is 21.2. The first kappa shape index (κ1) is 21.5. The average molecular weight is 393 g/mol. The van der Waals surface area contributed by atoms with Crippen molar-refractivity contribution in [1.82, 2.24) is 0 Å². The fourth-order valence-electron chi connectivity index (χ4n) is 2.59. The smallest absolute Gasteiger partial charge is 0.411 e. The minimum atomic E-state index is -0.534. The summed E-state index contributed by atoms with van der Waals surface area (Å²) in [4.78, 5) is 23.5. The molecule has 0 aliphatic heterocycles. The molecule has 2 aromatic carbocycles. The Kier molecular flexibility index (Phi) is 7.80. The maximum atomic E-state index is 12.0. The predicted molar refractivity (Wildman–Crippen MR) is 112 cm³/mol. The number of nitrogen functional groups attached to an aromatic ring is 1. The number of anilines is 2. The minimum Gasteiger partial charge on any atom is -0.463 e. The molecule has 0 aliphatic carbocycles. The van der Waals surface area contributed by atoms with Gasteiger partial charge in [0.05, 0.1) is 31.3 Å². The van der Waals surface area contributed by atoms with Gasteiger partial charge < -0.3 is 15.2 Å². The highest BCUT2D eigenvalue weighted by molar-refractivity contribution is 5.95. The van der Waals surface area contributed by atoms with E-state index in [1.807, 2.05) is 30.3 Å². The van der Waals surface area contributed by atoms with E-state index in [2.05, 4.69) is 5.32 Å². The van der Waals surface area contributed by atoms with Crippen LogP contribution in [-0.4, -0.2) is 25.3 Å². The van der Waals surface area contributed by atoms with Gasteiger partial charge in [-0.15, -0.1) is 0 Å². The molecule has 0 heterocycles. The molecule has 2 aromatic rings. The van der Waals surface area contributed by atoms with E-state index in [0.717, 1.165) is 11.1 Å². The Hall–Kier alpha value is -3.79. The van der Waals surface area contributed by atoms with Gasteiger partial charge in [-0.1, -0.05) is 18.2 Å². The Balaban J connectivity index is 2.30. The molecule has 0 radical (unpaired) electrons. The van der Waals surface area contributed by atoms with Gasteiger partial charge in [-0.25, -0.2) is 9.59 Å². The van der Waals surface area contributed by atoms with E-state index in [0.29, 0.717) is 23.5 Å². The fraction of sp³-hybridized carbons (Fsp3) is 0.227. The molecule has 29 heavy (non-hydrogen) atoms. The second-order valence-corrected chi connectivity index (χ2v) is 5.99. The van der Waals surface area contributed by atoms with Gasteiger partial charge in [0, 0.05) is 11.4 Å². The summed E-state index contributed by atoms with van der Waals surface area (Å²) >= 11 is 0. The summed E-state index contributed by atoms with van der Waals surface area (Å²) < 4.78 is 9.85. The third-order valence-corrected chi connectivity index (χ3v) is 3.96. The lowest BCUT2D eigenvalue weighted by molar-refractivity contribution is -0.138. The number of hydrogen-bond donors (Lipinski definition) is 2. The molecule has 0 fully saturated rings. The number of nitrogens with zero attached hydrogens (tertiary/aromatic N) is 1. The Labute approximate surface area is 169 Å². The van der Waals surface area contributed by atoms with Crippen LogP contribution < -0.4 is 11.1 Å². The lowest BCUT2D eigenvalue weighted by Gasteiger charge is -2.09. The van der Waals surface area contributed by atoms with Crippen molar-refractivity contribution < 1.29 is 19.1 Å². The van der Waals surface area contributed by atoms with E-state index in [9.17, 15) is 9.59 Å². The molecule has 7 nitrogen and oxygen atoms in total. The Bertz CT molecular complexity index is 944. The molecule has 0 spiro atoms. The van der Waals surface area contributed by atoms with Gasteiger partial charge in [-0.3, -0.25) is 5.32 Å². The van der Waals surface area contributed by atoms with Crippen LogP contribution in [0.15, 0.2) is 48.0 Å². The summed E-state index contributed by atoms with van der Waals surface area (Å²) in [5, 5.41) is 11.6. The number of rotatable bonds is 7. The molecule has 0 aromatic heterocycles. The molecule has 0 atom stereocenters. The third kappa shape index (κ3) is 6.11. The summed E-state index contributed by atoms with van der Waals surface area (Å²) in [6.45, 7) is 3.96. The number of benzene rings is 2. The molecule has 3 N–H and O–H groups in total. The summed E-state index contributed by atoms with van der Waals surface area (Å²) in [5.74, 6) is -0.534. The van der Waals surface area contributed by atoms with Crippen LogP contribution in [0.25, 0.3) is 17.2 Å². The quantitative estimate of drug-likeness (QED) is 0.410. The largest absolute Gasteiger partial charge is 0.463 e. The van der Waals surface area contributed by atoms with E-state index >= 15 is 0 Å². The van der Waals surface area contributed by atoms with Crippen molar-refractivity contribution >= 4 is 29.5 Å². The highest BCUT2D eigenvalue weighted by atomic mass is 16.5. The molecule has 2 rings (SSSR count). The molecule has 0 unspecified atom stereocenters. The van der Waals surface area contributed by atoms with E-state index in [1.165, 1.54) is 0 Å². The third-order valence-electron chi connectivity index (χ3n) is 3.96. The normalized spacial score (nSPS) is 10.7. The number of amides is 1. The summed E-state index contributed by atoms with van der Waals surface area (Å²) in [5.41, 5.74) is 9.77. The Morgan fingerprint density at radius 2 is 1.72 bits per heavy atom. The molecule has 0 saturated carbocycles. The van der Waals surface area contributed by atoms with E-state index in [-0.39, 0.29) is 18.6 Å². The first-order chi connectivity index (χ1) is 14.0. The van der Waals surface area contributed by atoms with Crippen molar-refractivity contribution in [1.29, 1.82) is 5.26 Å². The summed E-state index contributed by atoms with van der Waals surface area (Å²) in [7, 11) is 0. The minimum absolute atomic E-state index is 0.0727. The maximum absolute atomic E-state index is 12.0. The van der Waals surface area contributed by atoms with Gasteiger partial charge in [-0.2, -0.15) is 5.26 Å². The lowest BCUT2D eigenvalue weighted by atomic mass is 9.99. The molecule has 1 amide bonds. The number of nitrogens with two attached hydrogens (primary N) is 1. The van der Waals surface area contributed by atoms with Gasteiger partial charge in [0.15, 0.2) is 0 Å². The van der Waals surface area contributed by atoms with Crippen molar-refractivity contribution in [3.63, 3.8) is 0 Å². The maximum Gasteiger partial charge on any atom is 0.411 e. The fourth-order valence-corrected chi connectivity index (χ4v) is 2.59. The average Bonchev–Trinajstić information content (AvgIpc) is 2.70.